The van der Waals surface area contributed by atoms with Gasteiger partial charge in [-0.05, 0) is 42.0 Å². The molecule has 0 aliphatic carbocycles. The largest absolute Gasteiger partial charge is 0.497 e. The third-order valence-electron chi connectivity index (χ3n) is 4.40. The van der Waals surface area contributed by atoms with Crippen molar-refractivity contribution >= 4 is 34.3 Å². The van der Waals surface area contributed by atoms with Gasteiger partial charge in [-0.15, -0.1) is 0 Å². The first kappa shape index (κ1) is 19.6. The number of hydrogen-bond acceptors (Lipinski definition) is 6. The van der Waals surface area contributed by atoms with Crippen LogP contribution in [0.3, 0.4) is 0 Å². The lowest BCUT2D eigenvalue weighted by Crippen LogP contribution is -2.20. The van der Waals surface area contributed by atoms with Gasteiger partial charge in [0.2, 0.25) is 0 Å². The van der Waals surface area contributed by atoms with Crippen molar-refractivity contribution < 1.29 is 23.5 Å². The highest BCUT2D eigenvalue weighted by Gasteiger charge is 2.28. The lowest BCUT2D eigenvalue weighted by atomic mass is 9.89. The van der Waals surface area contributed by atoms with Crippen LogP contribution >= 0.6 is 11.6 Å². The number of benzene rings is 2. The molecule has 1 unspecified atom stereocenters. The first-order chi connectivity index (χ1) is 13.4. The van der Waals surface area contributed by atoms with Crippen LogP contribution in [0.4, 0.5) is 0 Å². The Morgan fingerprint density at radius 2 is 1.79 bits per heavy atom. The Hall–Kier alpha value is -3.12. The van der Waals surface area contributed by atoms with E-state index in [4.69, 9.17) is 25.5 Å². The summed E-state index contributed by atoms with van der Waals surface area (Å²) >= 11 is 5.86. The molecule has 0 aliphatic rings. The van der Waals surface area contributed by atoms with Gasteiger partial charge in [-0.1, -0.05) is 11.6 Å². The fourth-order valence-corrected chi connectivity index (χ4v) is 3.11. The highest BCUT2D eigenvalue weighted by molar-refractivity contribution is 6.30. The first-order valence-electron chi connectivity index (χ1n) is 8.41. The maximum absolute atomic E-state index is 12.7. The smallest absolute Gasteiger partial charge is 0.336 e. The number of methoxy groups -OCH3 is 2. The van der Waals surface area contributed by atoms with Crippen LogP contribution in [0.25, 0.3) is 11.0 Å². The summed E-state index contributed by atoms with van der Waals surface area (Å²) in [4.78, 5) is 37.2. The zero-order valence-corrected chi connectivity index (χ0v) is 16.0. The molecule has 1 aromatic heterocycles. The lowest BCUT2D eigenvalue weighted by Gasteiger charge is -2.16. The Morgan fingerprint density at radius 1 is 1.07 bits per heavy atom. The standard InChI is InChI=1S/C21H17ClO6/c1-26-14-7-8-15-16(11-20(24)28-19(15)9-14)17(21(25)27-2)10-18(23)12-3-5-13(22)6-4-12/h3-9,11,17H,10H2,1-2H3. The molecule has 6 nitrogen and oxygen atoms in total. The molecule has 0 amide bonds. The molecule has 0 spiro atoms. The second-order valence-corrected chi connectivity index (χ2v) is 6.53. The van der Waals surface area contributed by atoms with E-state index in [0.29, 0.717) is 27.3 Å². The van der Waals surface area contributed by atoms with Crippen LogP contribution in [0.15, 0.2) is 57.7 Å². The number of esters is 1. The molecule has 28 heavy (non-hydrogen) atoms. The van der Waals surface area contributed by atoms with E-state index in [1.54, 1.807) is 42.5 Å². The zero-order chi connectivity index (χ0) is 20.3. The molecule has 0 radical (unpaired) electrons. The van der Waals surface area contributed by atoms with Crippen molar-refractivity contribution in [1.82, 2.24) is 0 Å². The SMILES string of the molecule is COC(=O)C(CC(=O)c1ccc(Cl)cc1)c1cc(=O)oc2cc(OC)ccc12. The summed E-state index contributed by atoms with van der Waals surface area (Å²) in [6.07, 6.45) is -0.168. The van der Waals surface area contributed by atoms with Gasteiger partial charge in [-0.3, -0.25) is 9.59 Å². The van der Waals surface area contributed by atoms with Crippen LogP contribution in [0.1, 0.15) is 28.3 Å². The van der Waals surface area contributed by atoms with E-state index in [9.17, 15) is 14.4 Å². The van der Waals surface area contributed by atoms with Gasteiger partial charge in [0.15, 0.2) is 5.78 Å². The molecular formula is C21H17ClO6. The van der Waals surface area contributed by atoms with Crippen molar-refractivity contribution in [3.05, 3.63) is 75.1 Å². The summed E-state index contributed by atoms with van der Waals surface area (Å²) in [6.45, 7) is 0. The molecule has 0 fully saturated rings. The van der Waals surface area contributed by atoms with E-state index >= 15 is 0 Å². The lowest BCUT2D eigenvalue weighted by molar-refractivity contribution is -0.142. The Balaban J connectivity index is 2.07. The molecule has 7 heteroatoms. The summed E-state index contributed by atoms with van der Waals surface area (Å²) in [5.74, 6) is -1.36. The third-order valence-corrected chi connectivity index (χ3v) is 4.65. The van der Waals surface area contributed by atoms with E-state index in [0.717, 1.165) is 0 Å². The number of carbonyl (C=O) groups excluding carboxylic acids is 2. The number of ketones is 1. The predicted octanol–water partition coefficient (Wildman–Crippen LogP) is 3.98. The number of halogens is 1. The molecule has 0 saturated heterocycles. The Bertz CT molecular complexity index is 1080. The highest BCUT2D eigenvalue weighted by atomic mass is 35.5. The number of hydrogen-bond donors (Lipinski definition) is 0. The second-order valence-electron chi connectivity index (χ2n) is 6.09. The average molecular weight is 401 g/mol. The van der Waals surface area contributed by atoms with E-state index in [2.05, 4.69) is 0 Å². The van der Waals surface area contributed by atoms with E-state index in [-0.39, 0.29) is 17.8 Å². The summed E-state index contributed by atoms with van der Waals surface area (Å²) in [5, 5.41) is 1.03. The molecule has 0 N–H and O–H groups in total. The number of fused-ring (bicyclic) bond motifs is 1. The van der Waals surface area contributed by atoms with Gasteiger partial charge < -0.3 is 13.9 Å². The van der Waals surface area contributed by atoms with Crippen molar-refractivity contribution in [3.8, 4) is 5.75 Å². The molecule has 1 atom stereocenters. The zero-order valence-electron chi connectivity index (χ0n) is 15.2. The summed E-state index contributed by atoms with van der Waals surface area (Å²) < 4.78 is 15.3. The number of carbonyl (C=O) groups is 2. The van der Waals surface area contributed by atoms with E-state index in [1.807, 2.05) is 0 Å². The molecule has 0 aliphatic heterocycles. The van der Waals surface area contributed by atoms with Crippen molar-refractivity contribution in [1.29, 1.82) is 0 Å². The minimum Gasteiger partial charge on any atom is -0.497 e. The first-order valence-corrected chi connectivity index (χ1v) is 8.79. The van der Waals surface area contributed by atoms with Gasteiger partial charge in [0.05, 0.1) is 20.1 Å². The van der Waals surface area contributed by atoms with Crippen LogP contribution in [0.5, 0.6) is 5.75 Å². The molecule has 2 aromatic carbocycles. The topological polar surface area (TPSA) is 82.8 Å². The highest BCUT2D eigenvalue weighted by Crippen LogP contribution is 2.31. The Morgan fingerprint density at radius 3 is 2.43 bits per heavy atom. The summed E-state index contributed by atoms with van der Waals surface area (Å²) in [6, 6.07) is 12.5. The van der Waals surface area contributed by atoms with Gasteiger partial charge in [0.25, 0.3) is 0 Å². The average Bonchev–Trinajstić information content (AvgIpc) is 2.70. The van der Waals surface area contributed by atoms with Crippen LogP contribution in [0, 0.1) is 0 Å². The quantitative estimate of drug-likeness (QED) is 0.353. The number of ether oxygens (including phenoxy) is 2. The van der Waals surface area contributed by atoms with Gasteiger partial charge in [0, 0.05) is 34.5 Å². The fraction of sp³-hybridized carbons (Fsp3) is 0.190. The Labute approximate surface area is 165 Å². The van der Waals surface area contributed by atoms with Gasteiger partial charge in [0.1, 0.15) is 11.3 Å². The molecule has 3 aromatic rings. The predicted molar refractivity (Wildman–Crippen MR) is 104 cm³/mol. The van der Waals surface area contributed by atoms with E-state index < -0.39 is 17.5 Å². The van der Waals surface area contributed by atoms with Gasteiger partial charge >= 0.3 is 11.6 Å². The molecule has 1 heterocycles. The van der Waals surface area contributed by atoms with Gasteiger partial charge in [-0.2, -0.15) is 0 Å². The van der Waals surface area contributed by atoms with Gasteiger partial charge in [-0.25, -0.2) is 4.79 Å². The summed E-state index contributed by atoms with van der Waals surface area (Å²) in [5.41, 5.74) is 0.397. The maximum Gasteiger partial charge on any atom is 0.336 e. The van der Waals surface area contributed by atoms with Crippen molar-refractivity contribution in [2.24, 2.45) is 0 Å². The molecular weight excluding hydrogens is 384 g/mol. The van der Waals surface area contributed by atoms with Crippen LogP contribution in [-0.2, 0) is 9.53 Å². The molecule has 0 bridgehead atoms. The minimum absolute atomic E-state index is 0.168. The van der Waals surface area contributed by atoms with Crippen molar-refractivity contribution in [2.75, 3.05) is 14.2 Å². The fourth-order valence-electron chi connectivity index (χ4n) is 2.98. The number of rotatable bonds is 6. The van der Waals surface area contributed by atoms with E-state index in [1.165, 1.54) is 20.3 Å². The van der Waals surface area contributed by atoms with Crippen molar-refractivity contribution in [3.63, 3.8) is 0 Å². The summed E-state index contributed by atoms with van der Waals surface area (Å²) in [7, 11) is 2.73. The minimum atomic E-state index is -0.965. The maximum atomic E-state index is 12.7. The second kappa shape index (κ2) is 8.27. The van der Waals surface area contributed by atoms with Crippen LogP contribution in [-0.4, -0.2) is 26.0 Å². The third kappa shape index (κ3) is 4.07. The molecule has 144 valence electrons. The van der Waals surface area contributed by atoms with Crippen LogP contribution in [0.2, 0.25) is 5.02 Å². The van der Waals surface area contributed by atoms with Crippen LogP contribution < -0.4 is 10.4 Å². The number of Topliss-reactive ketones (excluding diaryl/α,β-unsaturated/α-hetero) is 1. The Kier molecular flexibility index (Phi) is 5.80. The normalized spacial score (nSPS) is 11.8. The molecule has 3 rings (SSSR count). The van der Waals surface area contributed by atoms with Crippen molar-refractivity contribution in [2.45, 2.75) is 12.3 Å². The monoisotopic (exact) mass is 400 g/mol. The molecule has 0 saturated carbocycles.